The van der Waals surface area contributed by atoms with E-state index in [1.807, 2.05) is 12.1 Å². The number of benzene rings is 2. The largest absolute Gasteiger partial charge is 0.493 e. The Kier molecular flexibility index (Phi) is 5.19. The third kappa shape index (κ3) is 3.74. The zero-order valence-corrected chi connectivity index (χ0v) is 14.2. The van der Waals surface area contributed by atoms with Crippen molar-refractivity contribution >= 4 is 37.5 Å². The number of alkyl halides is 1. The topological polar surface area (TPSA) is 61.6 Å². The van der Waals surface area contributed by atoms with Crippen molar-refractivity contribution in [2.45, 2.75) is 5.33 Å². The van der Waals surface area contributed by atoms with Gasteiger partial charge >= 0.3 is 0 Å². The lowest BCUT2D eigenvalue weighted by Gasteiger charge is -2.13. The van der Waals surface area contributed by atoms with Crippen LogP contribution in [0.4, 0.5) is 5.69 Å². The molecule has 2 aromatic rings. The first-order valence-electron chi connectivity index (χ1n) is 5.90. The standard InChI is InChI=1S/C14H11Br2NO4/c1-20-12-5-4-11(17(18)19)7-14(12)21-13-6-10(16)3-2-9(13)8-15/h2-7H,8H2,1H3. The van der Waals surface area contributed by atoms with Crippen LogP contribution in [0.25, 0.3) is 0 Å². The van der Waals surface area contributed by atoms with E-state index in [1.54, 1.807) is 6.07 Å². The normalized spacial score (nSPS) is 10.2. The highest BCUT2D eigenvalue weighted by atomic mass is 79.9. The van der Waals surface area contributed by atoms with Crippen molar-refractivity contribution in [3.05, 3.63) is 56.5 Å². The Morgan fingerprint density at radius 1 is 1.14 bits per heavy atom. The van der Waals surface area contributed by atoms with Crippen LogP contribution in [0.15, 0.2) is 40.9 Å². The smallest absolute Gasteiger partial charge is 0.273 e. The number of rotatable bonds is 5. The van der Waals surface area contributed by atoms with Crippen LogP contribution < -0.4 is 9.47 Å². The Bertz CT molecular complexity index is 676. The van der Waals surface area contributed by atoms with E-state index >= 15 is 0 Å². The first-order valence-corrected chi connectivity index (χ1v) is 7.81. The van der Waals surface area contributed by atoms with E-state index in [9.17, 15) is 10.1 Å². The molecule has 0 aliphatic heterocycles. The molecule has 0 aromatic heterocycles. The lowest BCUT2D eigenvalue weighted by atomic mass is 10.2. The average molecular weight is 417 g/mol. The summed E-state index contributed by atoms with van der Waals surface area (Å²) in [6, 6.07) is 9.83. The van der Waals surface area contributed by atoms with Crippen molar-refractivity contribution in [1.82, 2.24) is 0 Å². The number of non-ortho nitro benzene ring substituents is 1. The van der Waals surface area contributed by atoms with Gasteiger partial charge in [-0.1, -0.05) is 37.9 Å². The minimum absolute atomic E-state index is 0.0545. The highest BCUT2D eigenvalue weighted by molar-refractivity contribution is 9.10. The molecular formula is C14H11Br2NO4. The number of nitro groups is 1. The van der Waals surface area contributed by atoms with Crippen molar-refractivity contribution < 1.29 is 14.4 Å². The van der Waals surface area contributed by atoms with Gasteiger partial charge in [0, 0.05) is 21.4 Å². The molecule has 0 spiro atoms. The molecule has 21 heavy (non-hydrogen) atoms. The quantitative estimate of drug-likeness (QED) is 0.388. The molecule has 0 atom stereocenters. The summed E-state index contributed by atoms with van der Waals surface area (Å²) in [4.78, 5) is 10.4. The van der Waals surface area contributed by atoms with Crippen LogP contribution in [0, 0.1) is 10.1 Å². The van der Waals surface area contributed by atoms with Gasteiger partial charge in [0.1, 0.15) is 5.75 Å². The number of nitrogens with zero attached hydrogens (tertiary/aromatic N) is 1. The highest BCUT2D eigenvalue weighted by Gasteiger charge is 2.14. The molecule has 0 heterocycles. The summed E-state index contributed by atoms with van der Waals surface area (Å²) in [5.41, 5.74) is 0.868. The van der Waals surface area contributed by atoms with Gasteiger partial charge in [0.15, 0.2) is 11.5 Å². The second kappa shape index (κ2) is 6.91. The Hall–Kier alpha value is -1.60. The van der Waals surface area contributed by atoms with E-state index in [2.05, 4.69) is 31.9 Å². The van der Waals surface area contributed by atoms with Gasteiger partial charge in [0.2, 0.25) is 0 Å². The molecule has 0 aliphatic carbocycles. The summed E-state index contributed by atoms with van der Waals surface area (Å²) in [5, 5.41) is 11.5. The molecule has 0 amide bonds. The van der Waals surface area contributed by atoms with E-state index in [4.69, 9.17) is 9.47 Å². The number of halogens is 2. The number of nitro benzene ring substituents is 1. The lowest BCUT2D eigenvalue weighted by Crippen LogP contribution is -1.95. The fraction of sp³-hybridized carbons (Fsp3) is 0.143. The molecule has 7 heteroatoms. The van der Waals surface area contributed by atoms with Crippen LogP contribution in [0.3, 0.4) is 0 Å². The third-order valence-electron chi connectivity index (χ3n) is 2.75. The lowest BCUT2D eigenvalue weighted by molar-refractivity contribution is -0.384. The number of hydrogen-bond donors (Lipinski definition) is 0. The maximum atomic E-state index is 10.9. The van der Waals surface area contributed by atoms with Crippen LogP contribution in [0.1, 0.15) is 5.56 Å². The van der Waals surface area contributed by atoms with E-state index in [1.165, 1.54) is 25.3 Å². The Morgan fingerprint density at radius 3 is 2.52 bits per heavy atom. The fourth-order valence-electron chi connectivity index (χ4n) is 1.71. The SMILES string of the molecule is COc1ccc([N+](=O)[O-])cc1Oc1cc(Br)ccc1CBr. The average Bonchev–Trinajstić information content (AvgIpc) is 2.47. The van der Waals surface area contributed by atoms with Crippen LogP contribution in [-0.2, 0) is 5.33 Å². The minimum Gasteiger partial charge on any atom is -0.493 e. The van der Waals surface area contributed by atoms with Crippen molar-refractivity contribution in [1.29, 1.82) is 0 Å². The van der Waals surface area contributed by atoms with Gasteiger partial charge in [-0.05, 0) is 18.2 Å². The van der Waals surface area contributed by atoms with Gasteiger partial charge in [-0.3, -0.25) is 10.1 Å². The first-order chi connectivity index (χ1) is 10.0. The van der Waals surface area contributed by atoms with Crippen LogP contribution in [0.5, 0.6) is 17.2 Å². The molecule has 0 radical (unpaired) electrons. The van der Waals surface area contributed by atoms with E-state index in [0.717, 1.165) is 10.0 Å². The zero-order valence-electron chi connectivity index (χ0n) is 11.0. The molecule has 2 aromatic carbocycles. The Morgan fingerprint density at radius 2 is 1.90 bits per heavy atom. The fourth-order valence-corrected chi connectivity index (χ4v) is 2.51. The van der Waals surface area contributed by atoms with Gasteiger partial charge in [-0.2, -0.15) is 0 Å². The second-order valence-corrected chi connectivity index (χ2v) is 5.56. The molecule has 5 nitrogen and oxygen atoms in total. The molecule has 2 rings (SSSR count). The van der Waals surface area contributed by atoms with E-state index in [0.29, 0.717) is 22.6 Å². The van der Waals surface area contributed by atoms with Crippen LogP contribution in [0.2, 0.25) is 0 Å². The van der Waals surface area contributed by atoms with Crippen molar-refractivity contribution in [2.24, 2.45) is 0 Å². The molecule has 110 valence electrons. The van der Waals surface area contributed by atoms with Gasteiger partial charge in [0.25, 0.3) is 5.69 Å². The summed E-state index contributed by atoms with van der Waals surface area (Å²) < 4.78 is 11.8. The van der Waals surface area contributed by atoms with Gasteiger partial charge in [0.05, 0.1) is 18.1 Å². The molecule has 0 bridgehead atoms. The monoisotopic (exact) mass is 415 g/mol. The van der Waals surface area contributed by atoms with Crippen molar-refractivity contribution in [3.8, 4) is 17.2 Å². The maximum absolute atomic E-state index is 10.9. The number of ether oxygens (including phenoxy) is 2. The van der Waals surface area contributed by atoms with Gasteiger partial charge in [-0.25, -0.2) is 0 Å². The summed E-state index contributed by atoms with van der Waals surface area (Å²) >= 11 is 6.76. The second-order valence-electron chi connectivity index (χ2n) is 4.08. The molecule has 0 N–H and O–H groups in total. The summed E-state index contributed by atoms with van der Waals surface area (Å²) in [6.45, 7) is 0. The predicted molar refractivity (Wildman–Crippen MR) is 86.5 cm³/mol. The molecule has 0 fully saturated rings. The van der Waals surface area contributed by atoms with Crippen molar-refractivity contribution in [3.63, 3.8) is 0 Å². The Labute approximate surface area is 138 Å². The minimum atomic E-state index is -0.474. The first kappa shape index (κ1) is 15.8. The number of hydrogen-bond acceptors (Lipinski definition) is 4. The molecule has 0 unspecified atom stereocenters. The Balaban J connectivity index is 2.44. The zero-order chi connectivity index (χ0) is 15.4. The third-order valence-corrected chi connectivity index (χ3v) is 3.85. The molecular weight excluding hydrogens is 406 g/mol. The van der Waals surface area contributed by atoms with Crippen molar-refractivity contribution in [2.75, 3.05) is 7.11 Å². The summed E-state index contributed by atoms with van der Waals surface area (Å²) in [7, 11) is 1.49. The highest BCUT2D eigenvalue weighted by Crippen LogP contribution is 2.37. The van der Waals surface area contributed by atoms with Crippen LogP contribution >= 0.6 is 31.9 Å². The molecule has 0 saturated carbocycles. The number of methoxy groups -OCH3 is 1. The summed E-state index contributed by atoms with van der Waals surface area (Å²) in [5.74, 6) is 1.33. The van der Waals surface area contributed by atoms with Gasteiger partial charge < -0.3 is 9.47 Å². The van der Waals surface area contributed by atoms with Crippen LogP contribution in [-0.4, -0.2) is 12.0 Å². The van der Waals surface area contributed by atoms with Gasteiger partial charge in [-0.15, -0.1) is 0 Å². The maximum Gasteiger partial charge on any atom is 0.273 e. The van der Waals surface area contributed by atoms with E-state index in [-0.39, 0.29) is 5.69 Å². The summed E-state index contributed by atoms with van der Waals surface area (Å²) in [6.07, 6.45) is 0. The predicted octanol–water partition coefficient (Wildman–Crippen LogP) is 5.05. The molecule has 0 aliphatic rings. The molecule has 0 saturated heterocycles. The van der Waals surface area contributed by atoms with E-state index < -0.39 is 4.92 Å².